The molecule has 0 saturated carbocycles. The molecule has 0 radical (unpaired) electrons. The van der Waals surface area contributed by atoms with Gasteiger partial charge in [0.1, 0.15) is 19.0 Å². The van der Waals surface area contributed by atoms with E-state index in [-0.39, 0.29) is 19.8 Å². The zero-order valence-corrected chi connectivity index (χ0v) is 13.1. The van der Waals surface area contributed by atoms with E-state index in [1.54, 1.807) is 12.2 Å². The lowest BCUT2D eigenvalue weighted by Gasteiger charge is -2.11. The van der Waals surface area contributed by atoms with Crippen molar-refractivity contribution < 1.29 is 38.3 Å². The van der Waals surface area contributed by atoms with Crippen LogP contribution in [0.5, 0.6) is 0 Å². The highest BCUT2D eigenvalue weighted by Crippen LogP contribution is 2.04. The molecule has 1 heterocycles. The predicted molar refractivity (Wildman–Crippen MR) is 79.6 cm³/mol. The average molecular weight is 332 g/mol. The maximum absolute atomic E-state index is 11.4. The molecule has 1 aliphatic rings. The van der Waals surface area contributed by atoms with Crippen molar-refractivity contribution in [2.24, 2.45) is 0 Å². The minimum Gasteiger partial charge on any atom is -0.493 e. The fourth-order valence-electron chi connectivity index (χ4n) is 1.50. The maximum atomic E-state index is 11.4. The molecule has 8 heteroatoms. The van der Waals surface area contributed by atoms with Crippen molar-refractivity contribution >= 4 is 5.97 Å². The molecule has 0 fully saturated rings. The number of ether oxygens (including phenoxy) is 6. The third kappa shape index (κ3) is 11.7. The van der Waals surface area contributed by atoms with Crippen molar-refractivity contribution in [1.29, 1.82) is 0 Å². The van der Waals surface area contributed by atoms with Gasteiger partial charge in [0.25, 0.3) is 0 Å². The Morgan fingerprint density at radius 2 is 1.61 bits per heavy atom. The second-order valence-electron chi connectivity index (χ2n) is 4.36. The van der Waals surface area contributed by atoms with Gasteiger partial charge in [-0.25, -0.2) is 4.79 Å². The summed E-state index contributed by atoms with van der Waals surface area (Å²) in [6.07, 6.45) is 4.85. The number of esters is 1. The average Bonchev–Trinajstić information content (AvgIpc) is 2.57. The Kier molecular flexibility index (Phi) is 12.1. The topological polar surface area (TPSA) is 92.7 Å². The summed E-state index contributed by atoms with van der Waals surface area (Å²) in [5, 5.41) is 8.49. The minimum atomic E-state index is -0.471. The van der Waals surface area contributed by atoms with Gasteiger partial charge in [-0.2, -0.15) is 0 Å². The Hall–Kier alpha value is -1.45. The van der Waals surface area contributed by atoms with Crippen LogP contribution < -0.4 is 0 Å². The molecule has 23 heavy (non-hydrogen) atoms. The van der Waals surface area contributed by atoms with Gasteiger partial charge in [0, 0.05) is 0 Å². The SMILES string of the molecule is O=C(COCCOCCOCCOCCO)OC1=CC=COC1. The summed E-state index contributed by atoms with van der Waals surface area (Å²) in [7, 11) is 0. The van der Waals surface area contributed by atoms with Gasteiger partial charge in [-0.15, -0.1) is 0 Å². The van der Waals surface area contributed by atoms with Crippen molar-refractivity contribution in [2.45, 2.75) is 0 Å². The molecule has 0 unspecified atom stereocenters. The smallest absolute Gasteiger partial charge is 0.337 e. The quantitative estimate of drug-likeness (QED) is 0.351. The highest BCUT2D eigenvalue weighted by Gasteiger charge is 2.08. The molecule has 0 spiro atoms. The van der Waals surface area contributed by atoms with Gasteiger partial charge in [-0.3, -0.25) is 0 Å². The van der Waals surface area contributed by atoms with Gasteiger partial charge < -0.3 is 33.5 Å². The van der Waals surface area contributed by atoms with Crippen LogP contribution in [0.15, 0.2) is 24.2 Å². The molecular formula is C15H24O8. The number of carbonyl (C=O) groups excluding carboxylic acids is 1. The molecule has 0 aliphatic carbocycles. The van der Waals surface area contributed by atoms with Crippen LogP contribution >= 0.6 is 0 Å². The Labute approximate surface area is 135 Å². The minimum absolute atomic E-state index is 0.0130. The summed E-state index contributed by atoms with van der Waals surface area (Å²) in [5.74, 6) is -0.0150. The first-order valence-corrected chi connectivity index (χ1v) is 7.42. The number of hydrogen-bond acceptors (Lipinski definition) is 8. The van der Waals surface area contributed by atoms with Gasteiger partial charge in [0.2, 0.25) is 0 Å². The van der Waals surface area contributed by atoms with Crippen LogP contribution in [-0.2, 0) is 33.2 Å². The molecule has 0 bridgehead atoms. The van der Waals surface area contributed by atoms with Crippen molar-refractivity contribution in [3.05, 3.63) is 24.2 Å². The van der Waals surface area contributed by atoms with Gasteiger partial charge in [0.15, 0.2) is 0 Å². The fourth-order valence-corrected chi connectivity index (χ4v) is 1.50. The molecule has 1 N–H and O–H groups in total. The highest BCUT2D eigenvalue weighted by molar-refractivity contribution is 5.72. The highest BCUT2D eigenvalue weighted by atomic mass is 16.6. The standard InChI is InChI=1S/C15H24O8/c16-3-5-18-6-7-19-8-9-20-10-11-22-13-15(17)23-14-2-1-4-21-12-14/h1-2,4,16H,3,5-13H2. The Bertz CT molecular complexity index is 366. The number of hydrogen-bond donors (Lipinski definition) is 1. The van der Waals surface area contributed by atoms with Crippen molar-refractivity contribution in [2.75, 3.05) is 66.1 Å². The number of allylic oxidation sites excluding steroid dienone is 2. The summed E-state index contributed by atoms with van der Waals surface area (Å²) >= 11 is 0. The first-order valence-electron chi connectivity index (χ1n) is 7.42. The van der Waals surface area contributed by atoms with Crippen LogP contribution in [0.25, 0.3) is 0 Å². The van der Waals surface area contributed by atoms with Gasteiger partial charge in [-0.05, 0) is 12.2 Å². The monoisotopic (exact) mass is 332 g/mol. The van der Waals surface area contributed by atoms with E-state index in [0.717, 1.165) is 0 Å². The van der Waals surface area contributed by atoms with Gasteiger partial charge in [0.05, 0.1) is 59.1 Å². The van der Waals surface area contributed by atoms with Crippen LogP contribution in [0.3, 0.4) is 0 Å². The van der Waals surface area contributed by atoms with Crippen molar-refractivity contribution in [1.82, 2.24) is 0 Å². The van der Waals surface area contributed by atoms with Crippen LogP contribution in [-0.4, -0.2) is 77.1 Å². The van der Waals surface area contributed by atoms with Crippen molar-refractivity contribution in [3.8, 4) is 0 Å². The molecule has 8 nitrogen and oxygen atoms in total. The zero-order chi connectivity index (χ0) is 16.6. The summed E-state index contributed by atoms with van der Waals surface area (Å²) in [5.41, 5.74) is 0. The van der Waals surface area contributed by atoms with E-state index in [2.05, 4.69) is 0 Å². The lowest BCUT2D eigenvalue weighted by Crippen LogP contribution is -2.17. The molecule has 0 atom stereocenters. The molecule has 0 aromatic carbocycles. The van der Waals surface area contributed by atoms with E-state index in [4.69, 9.17) is 33.5 Å². The number of aliphatic hydroxyl groups excluding tert-OH is 1. The number of rotatable bonds is 14. The summed E-state index contributed by atoms with van der Waals surface area (Å²) < 4.78 is 30.7. The molecule has 0 aromatic rings. The van der Waals surface area contributed by atoms with E-state index in [1.807, 2.05) is 0 Å². The predicted octanol–water partition coefficient (Wildman–Crippen LogP) is 0.0161. The Morgan fingerprint density at radius 1 is 1.00 bits per heavy atom. The normalized spacial score (nSPS) is 13.5. The summed E-state index contributed by atoms with van der Waals surface area (Å²) in [4.78, 5) is 11.4. The molecule has 0 amide bonds. The van der Waals surface area contributed by atoms with Crippen LogP contribution in [0.4, 0.5) is 0 Å². The van der Waals surface area contributed by atoms with E-state index < -0.39 is 5.97 Å². The second-order valence-corrected chi connectivity index (χ2v) is 4.36. The first kappa shape index (κ1) is 19.6. The second kappa shape index (κ2) is 14.2. The number of carbonyl (C=O) groups is 1. The first-order chi connectivity index (χ1) is 11.3. The number of aliphatic hydroxyl groups is 1. The molecule has 1 rings (SSSR count). The maximum Gasteiger partial charge on any atom is 0.337 e. The van der Waals surface area contributed by atoms with E-state index in [1.165, 1.54) is 6.26 Å². The van der Waals surface area contributed by atoms with Gasteiger partial charge in [-0.1, -0.05) is 0 Å². The Morgan fingerprint density at radius 3 is 2.17 bits per heavy atom. The Balaban J connectivity index is 1.81. The molecular weight excluding hydrogens is 308 g/mol. The third-order valence-electron chi connectivity index (χ3n) is 2.50. The van der Waals surface area contributed by atoms with Crippen LogP contribution in [0, 0.1) is 0 Å². The van der Waals surface area contributed by atoms with Gasteiger partial charge >= 0.3 is 5.97 Å². The van der Waals surface area contributed by atoms with Crippen LogP contribution in [0.2, 0.25) is 0 Å². The molecule has 0 saturated heterocycles. The lowest BCUT2D eigenvalue weighted by atomic mass is 10.4. The third-order valence-corrected chi connectivity index (χ3v) is 2.50. The van der Waals surface area contributed by atoms with E-state index >= 15 is 0 Å². The lowest BCUT2D eigenvalue weighted by molar-refractivity contribution is -0.146. The van der Waals surface area contributed by atoms with E-state index in [0.29, 0.717) is 52.0 Å². The van der Waals surface area contributed by atoms with Crippen molar-refractivity contribution in [3.63, 3.8) is 0 Å². The summed E-state index contributed by atoms with van der Waals surface area (Å²) in [6, 6.07) is 0. The zero-order valence-electron chi connectivity index (χ0n) is 13.1. The summed E-state index contributed by atoms with van der Waals surface area (Å²) in [6.45, 7) is 2.90. The molecule has 0 aromatic heterocycles. The van der Waals surface area contributed by atoms with Crippen LogP contribution in [0.1, 0.15) is 0 Å². The van der Waals surface area contributed by atoms with E-state index in [9.17, 15) is 4.79 Å². The molecule has 132 valence electrons. The largest absolute Gasteiger partial charge is 0.493 e. The molecule has 1 aliphatic heterocycles. The fraction of sp³-hybridized carbons (Fsp3) is 0.667.